The van der Waals surface area contributed by atoms with Gasteiger partial charge in [0.15, 0.2) is 0 Å². The summed E-state index contributed by atoms with van der Waals surface area (Å²) < 4.78 is 0. The van der Waals surface area contributed by atoms with Gasteiger partial charge in [0, 0.05) is 23.2 Å². The molecule has 0 aliphatic heterocycles. The topological polar surface area (TPSA) is 54.0 Å². The maximum absolute atomic E-state index is 11.7. The average molecular weight is 275 g/mol. The molecule has 2 aromatic rings. The van der Waals surface area contributed by atoms with E-state index < -0.39 is 0 Å². The number of anilines is 1. The predicted octanol–water partition coefficient (Wildman–Crippen LogP) is 2.81. The molecule has 0 bridgehead atoms. The molecule has 2 rings (SSSR count). The molecule has 1 amide bonds. The Bertz CT molecular complexity index is 565. The molecule has 2 N–H and O–H groups in total. The zero-order valence-electron chi connectivity index (χ0n) is 11.1. The molecule has 1 heterocycles. The van der Waals surface area contributed by atoms with Crippen LogP contribution >= 0.6 is 11.3 Å². The standard InChI is InChI=1S/C14H17N3OS/c1-3-15-14(18)11-5-4-6-12(7-11)16-8-13-9-19-10(2)17-13/h4-7,9,16H,3,8H2,1-2H3,(H,15,18). The molecule has 0 radical (unpaired) electrons. The molecule has 19 heavy (non-hydrogen) atoms. The molecule has 0 atom stereocenters. The first-order valence-electron chi connectivity index (χ1n) is 6.22. The molecule has 0 saturated heterocycles. The Hall–Kier alpha value is -1.88. The third-order valence-electron chi connectivity index (χ3n) is 2.60. The van der Waals surface area contributed by atoms with E-state index in [1.54, 1.807) is 11.3 Å². The van der Waals surface area contributed by atoms with Crippen molar-refractivity contribution >= 4 is 22.9 Å². The van der Waals surface area contributed by atoms with Crippen LogP contribution < -0.4 is 10.6 Å². The number of aromatic nitrogens is 1. The summed E-state index contributed by atoms with van der Waals surface area (Å²) in [6.45, 7) is 5.20. The number of benzene rings is 1. The van der Waals surface area contributed by atoms with E-state index in [9.17, 15) is 4.79 Å². The van der Waals surface area contributed by atoms with E-state index in [1.165, 1.54) is 0 Å². The van der Waals surface area contributed by atoms with Gasteiger partial charge in [0.1, 0.15) is 0 Å². The van der Waals surface area contributed by atoms with Crippen molar-refractivity contribution in [3.05, 3.63) is 45.9 Å². The number of nitrogens with zero attached hydrogens (tertiary/aromatic N) is 1. The SMILES string of the molecule is CCNC(=O)c1cccc(NCc2csc(C)n2)c1. The molecule has 100 valence electrons. The highest BCUT2D eigenvalue weighted by Gasteiger charge is 2.05. The van der Waals surface area contributed by atoms with Crippen molar-refractivity contribution < 1.29 is 4.79 Å². The molecular weight excluding hydrogens is 258 g/mol. The number of amides is 1. The zero-order valence-corrected chi connectivity index (χ0v) is 11.9. The lowest BCUT2D eigenvalue weighted by molar-refractivity contribution is 0.0956. The number of carbonyl (C=O) groups excluding carboxylic acids is 1. The van der Waals surface area contributed by atoms with E-state index in [4.69, 9.17) is 0 Å². The highest BCUT2D eigenvalue weighted by molar-refractivity contribution is 7.09. The smallest absolute Gasteiger partial charge is 0.251 e. The lowest BCUT2D eigenvalue weighted by Crippen LogP contribution is -2.22. The molecule has 0 aliphatic rings. The number of thiazole rings is 1. The largest absolute Gasteiger partial charge is 0.379 e. The molecule has 0 fully saturated rings. The lowest BCUT2D eigenvalue weighted by Gasteiger charge is -2.07. The van der Waals surface area contributed by atoms with Crippen LogP contribution in [0.5, 0.6) is 0 Å². The molecule has 1 aromatic carbocycles. The second-order valence-corrected chi connectivity index (χ2v) is 5.21. The predicted molar refractivity (Wildman–Crippen MR) is 78.6 cm³/mol. The zero-order chi connectivity index (χ0) is 13.7. The van der Waals surface area contributed by atoms with Crippen LogP contribution in [-0.4, -0.2) is 17.4 Å². The Morgan fingerprint density at radius 2 is 2.26 bits per heavy atom. The van der Waals surface area contributed by atoms with E-state index in [0.717, 1.165) is 16.4 Å². The van der Waals surface area contributed by atoms with E-state index in [1.807, 2.05) is 43.5 Å². The van der Waals surface area contributed by atoms with Crippen LogP contribution in [0.4, 0.5) is 5.69 Å². The second kappa shape index (κ2) is 6.33. The number of hydrogen-bond donors (Lipinski definition) is 2. The van der Waals surface area contributed by atoms with E-state index in [-0.39, 0.29) is 5.91 Å². The fraction of sp³-hybridized carbons (Fsp3) is 0.286. The molecule has 0 aliphatic carbocycles. The van der Waals surface area contributed by atoms with Gasteiger partial charge in [-0.3, -0.25) is 4.79 Å². The van der Waals surface area contributed by atoms with Gasteiger partial charge in [0.25, 0.3) is 5.91 Å². The lowest BCUT2D eigenvalue weighted by atomic mass is 10.2. The van der Waals surface area contributed by atoms with Gasteiger partial charge in [-0.25, -0.2) is 4.98 Å². The Morgan fingerprint density at radius 3 is 2.95 bits per heavy atom. The minimum Gasteiger partial charge on any atom is -0.379 e. The van der Waals surface area contributed by atoms with Crippen molar-refractivity contribution in [1.82, 2.24) is 10.3 Å². The Balaban J connectivity index is 2.00. The summed E-state index contributed by atoms with van der Waals surface area (Å²) in [5.41, 5.74) is 2.61. The summed E-state index contributed by atoms with van der Waals surface area (Å²) in [6, 6.07) is 7.48. The highest BCUT2D eigenvalue weighted by atomic mass is 32.1. The third kappa shape index (κ3) is 3.79. The molecular formula is C14H17N3OS. The van der Waals surface area contributed by atoms with Crippen LogP contribution in [0.25, 0.3) is 0 Å². The number of aryl methyl sites for hydroxylation is 1. The number of nitrogens with one attached hydrogen (secondary N) is 2. The van der Waals surface area contributed by atoms with Crippen LogP contribution in [0, 0.1) is 6.92 Å². The molecule has 4 nitrogen and oxygen atoms in total. The average Bonchev–Trinajstić information content (AvgIpc) is 2.83. The van der Waals surface area contributed by atoms with Crippen molar-refractivity contribution in [2.75, 3.05) is 11.9 Å². The first-order chi connectivity index (χ1) is 9.19. The molecule has 1 aromatic heterocycles. The quantitative estimate of drug-likeness (QED) is 0.882. The van der Waals surface area contributed by atoms with Crippen LogP contribution in [-0.2, 0) is 6.54 Å². The van der Waals surface area contributed by atoms with Gasteiger partial charge in [-0.2, -0.15) is 0 Å². The van der Waals surface area contributed by atoms with Crippen molar-refractivity contribution in [2.24, 2.45) is 0 Å². The second-order valence-electron chi connectivity index (χ2n) is 4.15. The molecule has 0 unspecified atom stereocenters. The number of rotatable bonds is 5. The fourth-order valence-corrected chi connectivity index (χ4v) is 2.33. The first kappa shape index (κ1) is 13.5. The monoisotopic (exact) mass is 275 g/mol. The van der Waals surface area contributed by atoms with Gasteiger partial charge in [0.2, 0.25) is 0 Å². The van der Waals surface area contributed by atoms with Gasteiger partial charge < -0.3 is 10.6 Å². The van der Waals surface area contributed by atoms with Crippen LogP contribution in [0.1, 0.15) is 28.0 Å². The van der Waals surface area contributed by atoms with E-state index in [0.29, 0.717) is 18.7 Å². The van der Waals surface area contributed by atoms with Crippen LogP contribution in [0.2, 0.25) is 0 Å². The summed E-state index contributed by atoms with van der Waals surface area (Å²) in [6.07, 6.45) is 0. The maximum atomic E-state index is 11.7. The van der Waals surface area contributed by atoms with Gasteiger partial charge in [-0.05, 0) is 32.0 Å². The summed E-state index contributed by atoms with van der Waals surface area (Å²) in [5, 5.41) is 9.17. The summed E-state index contributed by atoms with van der Waals surface area (Å²) in [5.74, 6) is -0.0457. The summed E-state index contributed by atoms with van der Waals surface area (Å²) >= 11 is 1.64. The number of carbonyl (C=O) groups is 1. The third-order valence-corrected chi connectivity index (χ3v) is 3.42. The molecule has 0 spiro atoms. The highest BCUT2D eigenvalue weighted by Crippen LogP contribution is 2.13. The fourth-order valence-electron chi connectivity index (χ4n) is 1.72. The van der Waals surface area contributed by atoms with E-state index >= 15 is 0 Å². The van der Waals surface area contributed by atoms with Crippen molar-refractivity contribution in [1.29, 1.82) is 0 Å². The van der Waals surface area contributed by atoms with Crippen molar-refractivity contribution in [3.8, 4) is 0 Å². The molecule has 0 saturated carbocycles. The van der Waals surface area contributed by atoms with Crippen molar-refractivity contribution in [3.63, 3.8) is 0 Å². The first-order valence-corrected chi connectivity index (χ1v) is 7.10. The normalized spacial score (nSPS) is 10.2. The van der Waals surface area contributed by atoms with Crippen LogP contribution in [0.15, 0.2) is 29.6 Å². The van der Waals surface area contributed by atoms with E-state index in [2.05, 4.69) is 15.6 Å². The summed E-state index contributed by atoms with van der Waals surface area (Å²) in [7, 11) is 0. The van der Waals surface area contributed by atoms with Crippen LogP contribution in [0.3, 0.4) is 0 Å². The Labute approximate surface area is 116 Å². The van der Waals surface area contributed by atoms with Gasteiger partial charge >= 0.3 is 0 Å². The minimum absolute atomic E-state index is 0.0457. The summed E-state index contributed by atoms with van der Waals surface area (Å²) in [4.78, 5) is 16.1. The Morgan fingerprint density at radius 1 is 1.42 bits per heavy atom. The van der Waals surface area contributed by atoms with Gasteiger partial charge in [-0.15, -0.1) is 11.3 Å². The maximum Gasteiger partial charge on any atom is 0.251 e. The van der Waals surface area contributed by atoms with Gasteiger partial charge in [0.05, 0.1) is 17.2 Å². The number of hydrogen-bond acceptors (Lipinski definition) is 4. The minimum atomic E-state index is -0.0457. The van der Waals surface area contributed by atoms with Crippen molar-refractivity contribution in [2.45, 2.75) is 20.4 Å². The van der Waals surface area contributed by atoms with Gasteiger partial charge in [-0.1, -0.05) is 6.07 Å². The molecule has 5 heteroatoms. The Kier molecular flexibility index (Phi) is 4.52.